The number of nitrogens with two attached hydrogens (primary N) is 1. The molecular weight excluding hydrogens is 252 g/mol. The third-order valence-electron chi connectivity index (χ3n) is 3.19. The normalized spacial score (nSPS) is 10.8. The number of aromatic nitrogens is 5. The number of para-hydroxylation sites is 1. The third-order valence-corrected chi connectivity index (χ3v) is 3.19. The van der Waals surface area contributed by atoms with Crippen LogP contribution in [0, 0.1) is 0 Å². The van der Waals surface area contributed by atoms with Crippen LogP contribution in [0.5, 0.6) is 0 Å². The first-order valence-corrected chi connectivity index (χ1v) is 6.54. The highest BCUT2D eigenvalue weighted by Crippen LogP contribution is 2.12. The molecule has 6 nitrogen and oxygen atoms in total. The third kappa shape index (κ3) is 2.27. The van der Waals surface area contributed by atoms with Gasteiger partial charge < -0.3 is 5.73 Å². The zero-order valence-electron chi connectivity index (χ0n) is 11.3. The van der Waals surface area contributed by atoms with E-state index < -0.39 is 0 Å². The van der Waals surface area contributed by atoms with Crippen LogP contribution < -0.4 is 5.73 Å². The minimum absolute atomic E-state index is 0.503. The van der Waals surface area contributed by atoms with Crippen molar-refractivity contribution in [2.24, 2.45) is 0 Å². The Morgan fingerprint density at radius 1 is 1.20 bits per heavy atom. The van der Waals surface area contributed by atoms with Crippen LogP contribution in [-0.4, -0.2) is 24.8 Å². The molecule has 3 aromatic rings. The highest BCUT2D eigenvalue weighted by atomic mass is 15.4. The van der Waals surface area contributed by atoms with Crippen LogP contribution in [0.4, 0.5) is 5.82 Å². The van der Waals surface area contributed by atoms with Crippen molar-refractivity contribution in [1.29, 1.82) is 0 Å². The minimum Gasteiger partial charge on any atom is -0.381 e. The van der Waals surface area contributed by atoms with E-state index in [4.69, 9.17) is 5.73 Å². The van der Waals surface area contributed by atoms with Gasteiger partial charge in [0.1, 0.15) is 0 Å². The SMILES string of the molecule is CCc1c(N)nnn1Cc1cnn(-c2ccccc2)c1. The minimum atomic E-state index is 0.503. The van der Waals surface area contributed by atoms with Crippen molar-refractivity contribution in [1.82, 2.24) is 24.8 Å². The largest absolute Gasteiger partial charge is 0.381 e. The fraction of sp³-hybridized carbons (Fsp3) is 0.214. The predicted molar refractivity (Wildman–Crippen MR) is 76.5 cm³/mol. The molecule has 6 heteroatoms. The van der Waals surface area contributed by atoms with Crippen LogP contribution in [0.2, 0.25) is 0 Å². The van der Waals surface area contributed by atoms with Gasteiger partial charge in [0.15, 0.2) is 5.82 Å². The van der Waals surface area contributed by atoms with Gasteiger partial charge in [0.25, 0.3) is 0 Å². The zero-order valence-corrected chi connectivity index (χ0v) is 11.3. The van der Waals surface area contributed by atoms with Crippen molar-refractivity contribution in [2.75, 3.05) is 5.73 Å². The first kappa shape index (κ1) is 12.4. The van der Waals surface area contributed by atoms with Gasteiger partial charge in [0.2, 0.25) is 0 Å². The smallest absolute Gasteiger partial charge is 0.169 e. The number of nitrogen functional groups attached to an aromatic ring is 1. The first-order valence-electron chi connectivity index (χ1n) is 6.54. The summed E-state index contributed by atoms with van der Waals surface area (Å²) in [4.78, 5) is 0. The van der Waals surface area contributed by atoms with Gasteiger partial charge in [-0.25, -0.2) is 9.36 Å². The molecule has 3 rings (SSSR count). The Labute approximate surface area is 116 Å². The molecule has 0 radical (unpaired) electrons. The average Bonchev–Trinajstić information content (AvgIpc) is 3.08. The van der Waals surface area contributed by atoms with E-state index in [1.807, 2.05) is 59.0 Å². The molecule has 0 saturated carbocycles. The van der Waals surface area contributed by atoms with E-state index in [9.17, 15) is 0 Å². The Balaban J connectivity index is 1.84. The van der Waals surface area contributed by atoms with E-state index >= 15 is 0 Å². The lowest BCUT2D eigenvalue weighted by molar-refractivity contribution is 0.622. The molecule has 0 amide bonds. The van der Waals surface area contributed by atoms with Crippen molar-refractivity contribution >= 4 is 5.82 Å². The fourth-order valence-electron chi connectivity index (χ4n) is 2.17. The molecule has 2 N–H and O–H groups in total. The quantitative estimate of drug-likeness (QED) is 0.780. The summed E-state index contributed by atoms with van der Waals surface area (Å²) in [6.45, 7) is 2.67. The molecule has 2 heterocycles. The summed E-state index contributed by atoms with van der Waals surface area (Å²) in [5.74, 6) is 0.503. The van der Waals surface area contributed by atoms with Gasteiger partial charge in [-0.15, -0.1) is 5.10 Å². The number of benzene rings is 1. The second-order valence-electron chi connectivity index (χ2n) is 4.56. The maximum Gasteiger partial charge on any atom is 0.169 e. The summed E-state index contributed by atoms with van der Waals surface area (Å²) >= 11 is 0. The molecule has 0 saturated heterocycles. The highest BCUT2D eigenvalue weighted by molar-refractivity contribution is 5.34. The van der Waals surface area contributed by atoms with E-state index in [1.165, 1.54) is 0 Å². The van der Waals surface area contributed by atoms with E-state index in [2.05, 4.69) is 15.4 Å². The molecule has 0 spiro atoms. The molecule has 0 aliphatic carbocycles. The summed E-state index contributed by atoms with van der Waals surface area (Å²) in [5.41, 5.74) is 8.84. The van der Waals surface area contributed by atoms with Crippen molar-refractivity contribution in [3.63, 3.8) is 0 Å². The second kappa shape index (κ2) is 5.16. The molecule has 2 aromatic heterocycles. The number of anilines is 1. The Kier molecular flexibility index (Phi) is 3.20. The number of nitrogens with zero attached hydrogens (tertiary/aromatic N) is 5. The maximum atomic E-state index is 5.79. The van der Waals surface area contributed by atoms with E-state index in [0.29, 0.717) is 12.4 Å². The summed E-state index contributed by atoms with van der Waals surface area (Å²) in [5, 5.41) is 12.3. The van der Waals surface area contributed by atoms with Crippen molar-refractivity contribution in [3.8, 4) is 5.69 Å². The lowest BCUT2D eigenvalue weighted by atomic mass is 10.3. The topological polar surface area (TPSA) is 74.6 Å². The molecule has 102 valence electrons. The molecule has 0 aliphatic heterocycles. The Morgan fingerprint density at radius 2 is 2.00 bits per heavy atom. The van der Waals surface area contributed by atoms with E-state index in [0.717, 1.165) is 23.4 Å². The molecular formula is C14H16N6. The summed E-state index contributed by atoms with van der Waals surface area (Å²) < 4.78 is 3.67. The van der Waals surface area contributed by atoms with Crippen LogP contribution in [0.15, 0.2) is 42.7 Å². The highest BCUT2D eigenvalue weighted by Gasteiger charge is 2.09. The fourth-order valence-corrected chi connectivity index (χ4v) is 2.17. The van der Waals surface area contributed by atoms with Gasteiger partial charge in [-0.05, 0) is 18.6 Å². The monoisotopic (exact) mass is 268 g/mol. The zero-order chi connectivity index (χ0) is 13.9. The first-order chi connectivity index (χ1) is 9.78. The number of hydrogen-bond donors (Lipinski definition) is 1. The Hall–Kier alpha value is -2.63. The summed E-state index contributed by atoms with van der Waals surface area (Å²) in [7, 11) is 0. The maximum absolute atomic E-state index is 5.79. The molecule has 20 heavy (non-hydrogen) atoms. The lowest BCUT2D eigenvalue weighted by Crippen LogP contribution is -2.06. The lowest BCUT2D eigenvalue weighted by Gasteiger charge is -2.02. The van der Waals surface area contributed by atoms with Gasteiger partial charge in [-0.3, -0.25) is 0 Å². The van der Waals surface area contributed by atoms with Gasteiger partial charge in [0.05, 0.1) is 24.1 Å². The second-order valence-corrected chi connectivity index (χ2v) is 4.56. The molecule has 0 fully saturated rings. The number of rotatable bonds is 4. The van der Waals surface area contributed by atoms with Gasteiger partial charge in [-0.2, -0.15) is 5.10 Å². The Bertz CT molecular complexity index is 698. The summed E-state index contributed by atoms with van der Waals surface area (Å²) in [6, 6.07) is 10.00. The van der Waals surface area contributed by atoms with Gasteiger partial charge >= 0.3 is 0 Å². The molecule has 0 atom stereocenters. The number of hydrogen-bond acceptors (Lipinski definition) is 4. The van der Waals surface area contributed by atoms with Gasteiger partial charge in [0, 0.05) is 11.8 Å². The molecule has 0 unspecified atom stereocenters. The van der Waals surface area contributed by atoms with E-state index in [1.54, 1.807) is 0 Å². The van der Waals surface area contributed by atoms with Crippen LogP contribution >= 0.6 is 0 Å². The summed E-state index contributed by atoms with van der Waals surface area (Å²) in [6.07, 6.45) is 4.64. The van der Waals surface area contributed by atoms with Crippen molar-refractivity contribution in [3.05, 3.63) is 54.0 Å². The predicted octanol–water partition coefficient (Wildman–Crippen LogP) is 1.66. The standard InChI is InChI=1S/C14H16N6/c1-2-13-14(15)17-18-20(13)10-11-8-16-19(9-11)12-6-4-3-5-7-12/h3-9H,2,10,15H2,1H3. The van der Waals surface area contributed by atoms with Crippen LogP contribution in [0.3, 0.4) is 0 Å². The van der Waals surface area contributed by atoms with Crippen molar-refractivity contribution < 1.29 is 0 Å². The molecule has 1 aromatic carbocycles. The van der Waals surface area contributed by atoms with Gasteiger partial charge in [-0.1, -0.05) is 30.3 Å². The molecule has 0 bridgehead atoms. The van der Waals surface area contributed by atoms with Crippen LogP contribution in [0.1, 0.15) is 18.2 Å². The average molecular weight is 268 g/mol. The molecule has 0 aliphatic rings. The van der Waals surface area contributed by atoms with E-state index in [-0.39, 0.29) is 0 Å². The van der Waals surface area contributed by atoms with Crippen LogP contribution in [-0.2, 0) is 13.0 Å². The Morgan fingerprint density at radius 3 is 2.75 bits per heavy atom. The van der Waals surface area contributed by atoms with Crippen molar-refractivity contribution in [2.45, 2.75) is 19.9 Å². The van der Waals surface area contributed by atoms with Crippen LogP contribution in [0.25, 0.3) is 5.69 Å².